The molecule has 0 amide bonds. The second kappa shape index (κ2) is 5.46. The molecule has 92 valence electrons. The summed E-state index contributed by atoms with van der Waals surface area (Å²) >= 11 is 3.24. The molecule has 6 heteroatoms. The molecule has 0 radical (unpaired) electrons. The first-order valence-electron chi connectivity index (χ1n) is 5.58. The molecule has 0 spiro atoms. The molecule has 2 N–H and O–H groups in total. The number of nitrogens with one attached hydrogen (secondary N) is 2. The Labute approximate surface area is 108 Å². The van der Waals surface area contributed by atoms with Crippen molar-refractivity contribution in [1.29, 1.82) is 0 Å². The molecule has 0 aliphatic carbocycles. The third-order valence-corrected chi connectivity index (χ3v) is 3.35. The first kappa shape index (κ1) is 12.3. The van der Waals surface area contributed by atoms with E-state index in [9.17, 15) is 10.1 Å². The Morgan fingerprint density at radius 3 is 3.06 bits per heavy atom. The van der Waals surface area contributed by atoms with Crippen molar-refractivity contribution in [2.24, 2.45) is 0 Å². The molecule has 1 unspecified atom stereocenters. The van der Waals surface area contributed by atoms with Crippen molar-refractivity contribution in [3.63, 3.8) is 0 Å². The van der Waals surface area contributed by atoms with Crippen LogP contribution < -0.4 is 10.6 Å². The molecule has 1 aliphatic rings. The lowest BCUT2D eigenvalue weighted by Gasteiger charge is -2.12. The van der Waals surface area contributed by atoms with Crippen LogP contribution >= 0.6 is 15.9 Å². The summed E-state index contributed by atoms with van der Waals surface area (Å²) in [4.78, 5) is 10.5. The van der Waals surface area contributed by atoms with Crippen molar-refractivity contribution in [3.8, 4) is 0 Å². The van der Waals surface area contributed by atoms with Crippen molar-refractivity contribution in [1.82, 2.24) is 5.32 Å². The maximum absolute atomic E-state index is 10.9. The van der Waals surface area contributed by atoms with Crippen molar-refractivity contribution in [2.75, 3.05) is 18.4 Å². The van der Waals surface area contributed by atoms with E-state index in [1.165, 1.54) is 12.5 Å². The lowest BCUT2D eigenvalue weighted by Crippen LogP contribution is -2.29. The van der Waals surface area contributed by atoms with Gasteiger partial charge in [0.25, 0.3) is 5.69 Å². The zero-order valence-corrected chi connectivity index (χ0v) is 10.9. The summed E-state index contributed by atoms with van der Waals surface area (Å²) in [7, 11) is 0. The van der Waals surface area contributed by atoms with Crippen LogP contribution in [0.1, 0.15) is 12.8 Å². The second-order valence-corrected chi connectivity index (χ2v) is 5.01. The minimum atomic E-state index is -0.366. The molecule has 0 bridgehead atoms. The van der Waals surface area contributed by atoms with Crippen LogP contribution in [0.25, 0.3) is 0 Å². The molecule has 1 saturated heterocycles. The van der Waals surface area contributed by atoms with Crippen molar-refractivity contribution in [3.05, 3.63) is 32.8 Å². The summed E-state index contributed by atoms with van der Waals surface area (Å²) < 4.78 is 0.716. The minimum absolute atomic E-state index is 0.109. The zero-order chi connectivity index (χ0) is 12.3. The van der Waals surface area contributed by atoms with Crippen LogP contribution in [0.2, 0.25) is 0 Å². The van der Waals surface area contributed by atoms with E-state index in [2.05, 4.69) is 26.6 Å². The third kappa shape index (κ3) is 3.17. The van der Waals surface area contributed by atoms with Crippen LogP contribution in [-0.4, -0.2) is 24.1 Å². The van der Waals surface area contributed by atoms with Gasteiger partial charge in [-0.1, -0.05) is 15.9 Å². The Morgan fingerprint density at radius 1 is 1.59 bits per heavy atom. The van der Waals surface area contributed by atoms with E-state index < -0.39 is 0 Å². The zero-order valence-electron chi connectivity index (χ0n) is 9.28. The van der Waals surface area contributed by atoms with Gasteiger partial charge in [-0.25, -0.2) is 0 Å². The van der Waals surface area contributed by atoms with Crippen LogP contribution in [-0.2, 0) is 0 Å². The topological polar surface area (TPSA) is 67.2 Å². The molecule has 1 aromatic rings. The SMILES string of the molecule is O=[N+]([O-])c1cc(Br)ccc1NCC1CCCN1. The molecule has 1 aromatic carbocycles. The highest BCUT2D eigenvalue weighted by molar-refractivity contribution is 9.10. The van der Waals surface area contributed by atoms with Crippen LogP contribution in [0.5, 0.6) is 0 Å². The van der Waals surface area contributed by atoms with E-state index in [4.69, 9.17) is 0 Å². The Bertz CT molecular complexity index is 419. The summed E-state index contributed by atoms with van der Waals surface area (Å²) in [6.07, 6.45) is 2.30. The molecule has 0 saturated carbocycles. The fourth-order valence-corrected chi connectivity index (χ4v) is 2.32. The van der Waals surface area contributed by atoms with E-state index in [0.717, 1.165) is 19.5 Å². The number of hydrogen-bond donors (Lipinski definition) is 2. The van der Waals surface area contributed by atoms with Crippen molar-refractivity contribution in [2.45, 2.75) is 18.9 Å². The monoisotopic (exact) mass is 299 g/mol. The highest BCUT2D eigenvalue weighted by Crippen LogP contribution is 2.28. The van der Waals surface area contributed by atoms with E-state index in [0.29, 0.717) is 16.2 Å². The van der Waals surface area contributed by atoms with Crippen LogP contribution in [0, 0.1) is 10.1 Å². The van der Waals surface area contributed by atoms with Gasteiger partial charge < -0.3 is 10.6 Å². The summed E-state index contributed by atoms with van der Waals surface area (Å²) in [5, 5.41) is 17.4. The highest BCUT2D eigenvalue weighted by Gasteiger charge is 2.17. The van der Waals surface area contributed by atoms with Gasteiger partial charge in [0, 0.05) is 23.1 Å². The standard InChI is InChI=1S/C11H14BrN3O2/c12-8-3-4-10(11(6-8)15(16)17)14-7-9-2-1-5-13-9/h3-4,6,9,13-14H,1-2,5,7H2. The van der Waals surface area contributed by atoms with Gasteiger partial charge in [0.15, 0.2) is 0 Å². The Hall–Kier alpha value is -1.14. The quantitative estimate of drug-likeness (QED) is 0.662. The highest BCUT2D eigenvalue weighted by atomic mass is 79.9. The van der Waals surface area contributed by atoms with Gasteiger partial charge in [0.1, 0.15) is 5.69 Å². The fourth-order valence-electron chi connectivity index (χ4n) is 1.97. The first-order chi connectivity index (χ1) is 8.16. The molecular formula is C11H14BrN3O2. The second-order valence-electron chi connectivity index (χ2n) is 4.09. The number of nitrogens with zero attached hydrogens (tertiary/aromatic N) is 1. The predicted octanol–water partition coefficient (Wildman–Crippen LogP) is 2.52. The number of halogens is 1. The Balaban J connectivity index is 2.06. The van der Waals surface area contributed by atoms with Crippen LogP contribution in [0.15, 0.2) is 22.7 Å². The molecular weight excluding hydrogens is 286 g/mol. The molecule has 1 fully saturated rings. The minimum Gasteiger partial charge on any atom is -0.378 e. The molecule has 0 aromatic heterocycles. The van der Waals surface area contributed by atoms with Crippen molar-refractivity contribution < 1.29 is 4.92 Å². The maximum atomic E-state index is 10.9. The van der Waals surface area contributed by atoms with Gasteiger partial charge in [0.2, 0.25) is 0 Å². The lowest BCUT2D eigenvalue weighted by molar-refractivity contribution is -0.384. The van der Waals surface area contributed by atoms with Gasteiger partial charge in [0.05, 0.1) is 4.92 Å². The summed E-state index contributed by atoms with van der Waals surface area (Å²) in [6, 6.07) is 5.47. The van der Waals surface area contributed by atoms with Crippen LogP contribution in [0.4, 0.5) is 11.4 Å². The van der Waals surface area contributed by atoms with Crippen molar-refractivity contribution >= 4 is 27.3 Å². The van der Waals surface area contributed by atoms with E-state index in [-0.39, 0.29) is 10.6 Å². The first-order valence-corrected chi connectivity index (χ1v) is 6.37. The van der Waals surface area contributed by atoms with E-state index in [1.54, 1.807) is 12.1 Å². The number of rotatable bonds is 4. The molecule has 1 atom stereocenters. The predicted molar refractivity (Wildman–Crippen MR) is 70.3 cm³/mol. The third-order valence-electron chi connectivity index (χ3n) is 2.86. The fraction of sp³-hybridized carbons (Fsp3) is 0.455. The largest absolute Gasteiger partial charge is 0.378 e. The summed E-state index contributed by atoms with van der Waals surface area (Å²) in [6.45, 7) is 1.76. The van der Waals surface area contributed by atoms with Gasteiger partial charge in [-0.3, -0.25) is 10.1 Å². The van der Waals surface area contributed by atoms with Gasteiger partial charge in [-0.15, -0.1) is 0 Å². The van der Waals surface area contributed by atoms with Gasteiger partial charge >= 0.3 is 0 Å². The van der Waals surface area contributed by atoms with Crippen LogP contribution in [0.3, 0.4) is 0 Å². The molecule has 5 nitrogen and oxygen atoms in total. The maximum Gasteiger partial charge on any atom is 0.293 e. The van der Waals surface area contributed by atoms with E-state index in [1.807, 2.05) is 0 Å². The van der Waals surface area contributed by atoms with E-state index >= 15 is 0 Å². The number of nitro groups is 1. The number of hydrogen-bond acceptors (Lipinski definition) is 4. The Kier molecular flexibility index (Phi) is 3.96. The summed E-state index contributed by atoms with van der Waals surface area (Å²) in [5.41, 5.74) is 0.685. The molecule has 17 heavy (non-hydrogen) atoms. The summed E-state index contributed by atoms with van der Waals surface area (Å²) in [5.74, 6) is 0. The average Bonchev–Trinajstić information content (AvgIpc) is 2.80. The lowest BCUT2D eigenvalue weighted by atomic mass is 10.2. The van der Waals surface area contributed by atoms with Gasteiger partial charge in [-0.2, -0.15) is 0 Å². The molecule has 1 aliphatic heterocycles. The number of nitro benzene ring substituents is 1. The normalized spacial score (nSPS) is 19.2. The van der Waals surface area contributed by atoms with Gasteiger partial charge in [-0.05, 0) is 31.5 Å². The number of benzene rings is 1. The Morgan fingerprint density at radius 2 is 2.41 bits per heavy atom. The molecule has 2 rings (SSSR count). The average molecular weight is 300 g/mol. The smallest absolute Gasteiger partial charge is 0.293 e. The molecule has 1 heterocycles. The number of anilines is 1.